The number of benzene rings is 1. The maximum atomic E-state index is 13.1. The van der Waals surface area contributed by atoms with Crippen LogP contribution in [-0.4, -0.2) is 50.9 Å². The fraction of sp³-hybridized carbons (Fsp3) is 0.304. The lowest BCUT2D eigenvalue weighted by Crippen LogP contribution is -3.10. The Morgan fingerprint density at radius 3 is 2.50 bits per heavy atom. The molecular weight excluding hydrogens is 456 g/mol. The first-order valence-electron chi connectivity index (χ1n) is 11.0. The molecule has 1 amide bonds. The predicted octanol–water partition coefficient (Wildman–Crippen LogP) is 0.348. The molecule has 34 heavy (non-hydrogen) atoms. The highest BCUT2D eigenvalue weighted by molar-refractivity contribution is 7.08. The molecule has 0 atom stereocenters. The molecule has 1 aromatic carbocycles. The maximum absolute atomic E-state index is 13.1. The molecule has 11 heteroatoms. The molecule has 1 aliphatic rings. The van der Waals surface area contributed by atoms with E-state index in [4.69, 9.17) is 4.74 Å². The first-order chi connectivity index (χ1) is 16.4. The van der Waals surface area contributed by atoms with Crippen molar-refractivity contribution in [3.05, 3.63) is 61.9 Å². The van der Waals surface area contributed by atoms with Gasteiger partial charge in [-0.3, -0.25) is 28.2 Å². The highest BCUT2D eigenvalue weighted by Crippen LogP contribution is 2.23. The van der Waals surface area contributed by atoms with Crippen molar-refractivity contribution < 1.29 is 14.4 Å². The number of nitrogens with zero attached hydrogens (tertiary/aromatic N) is 4. The number of ether oxygens (including phenoxy) is 1. The zero-order chi connectivity index (χ0) is 23.8. The standard InChI is InChI=1S/C23H24N6O4S/c1-26-20-19(21(31)27(2)23(26)32)29(22(25-20)28-8-10-33-11-9-28)13-18(30)24-17-5-3-15(4-6-17)16-7-12-34-14-16/h3-7,12,14H,8-11,13H2,1-2H3,(H,24,30)/p+1. The molecule has 0 aliphatic carbocycles. The van der Waals surface area contributed by atoms with Gasteiger partial charge in [-0.05, 0) is 40.1 Å². The average Bonchev–Trinajstić information content (AvgIpc) is 3.51. The summed E-state index contributed by atoms with van der Waals surface area (Å²) >= 11 is 1.63. The van der Waals surface area contributed by atoms with Crippen LogP contribution in [0.1, 0.15) is 0 Å². The molecule has 5 rings (SSSR count). The molecule has 2 N–H and O–H groups in total. The van der Waals surface area contributed by atoms with Crippen molar-refractivity contribution in [3.63, 3.8) is 0 Å². The number of amides is 1. The van der Waals surface area contributed by atoms with E-state index < -0.39 is 11.2 Å². The Morgan fingerprint density at radius 1 is 1.09 bits per heavy atom. The van der Waals surface area contributed by atoms with Gasteiger partial charge in [0, 0.05) is 19.8 Å². The Labute approximate surface area is 198 Å². The first-order valence-corrected chi connectivity index (χ1v) is 11.9. The summed E-state index contributed by atoms with van der Waals surface area (Å²) in [7, 11) is 3.01. The molecule has 0 saturated carbocycles. The van der Waals surface area contributed by atoms with E-state index in [0.29, 0.717) is 37.9 Å². The zero-order valence-electron chi connectivity index (χ0n) is 18.9. The second-order valence-electron chi connectivity index (χ2n) is 8.25. The number of hydrogen-bond acceptors (Lipinski definition) is 6. The minimum atomic E-state index is -0.475. The molecule has 0 spiro atoms. The van der Waals surface area contributed by atoms with Crippen molar-refractivity contribution >= 4 is 40.0 Å². The van der Waals surface area contributed by atoms with Gasteiger partial charge in [-0.15, -0.1) is 0 Å². The number of quaternary nitrogens is 1. The van der Waals surface area contributed by atoms with Gasteiger partial charge in [0.25, 0.3) is 5.56 Å². The van der Waals surface area contributed by atoms with E-state index >= 15 is 0 Å². The molecule has 0 unspecified atom stereocenters. The number of rotatable bonds is 5. The van der Waals surface area contributed by atoms with E-state index in [9.17, 15) is 14.4 Å². The van der Waals surface area contributed by atoms with E-state index in [-0.39, 0.29) is 23.6 Å². The van der Waals surface area contributed by atoms with Gasteiger partial charge in [-0.1, -0.05) is 12.1 Å². The second-order valence-corrected chi connectivity index (χ2v) is 9.03. The van der Waals surface area contributed by atoms with Crippen molar-refractivity contribution in [2.24, 2.45) is 14.1 Å². The fourth-order valence-corrected chi connectivity index (χ4v) is 4.90. The quantitative estimate of drug-likeness (QED) is 0.428. The number of thiophene rings is 1. The molecule has 0 bridgehead atoms. The number of imidazole rings is 1. The van der Waals surface area contributed by atoms with Crippen molar-refractivity contribution in [2.75, 3.05) is 31.6 Å². The Morgan fingerprint density at radius 2 is 1.82 bits per heavy atom. The third-order valence-corrected chi connectivity index (χ3v) is 6.77. The van der Waals surface area contributed by atoms with Crippen LogP contribution in [0, 0.1) is 0 Å². The number of nitrogens with one attached hydrogen (secondary N) is 2. The topological polar surface area (TPSA) is 105 Å². The van der Waals surface area contributed by atoms with Gasteiger partial charge in [0.15, 0.2) is 11.2 Å². The van der Waals surface area contributed by atoms with Crippen LogP contribution in [0.2, 0.25) is 0 Å². The van der Waals surface area contributed by atoms with Gasteiger partial charge < -0.3 is 10.1 Å². The monoisotopic (exact) mass is 481 g/mol. The molecule has 4 heterocycles. The Bertz CT molecular complexity index is 1460. The van der Waals surface area contributed by atoms with Gasteiger partial charge in [-0.25, -0.2) is 4.79 Å². The molecular formula is C23H25N6O4S+. The minimum absolute atomic E-state index is 0.101. The summed E-state index contributed by atoms with van der Waals surface area (Å²) in [5, 5.41) is 7.00. The van der Waals surface area contributed by atoms with Gasteiger partial charge >= 0.3 is 11.6 Å². The van der Waals surface area contributed by atoms with Gasteiger partial charge in [0.1, 0.15) is 19.6 Å². The molecule has 176 valence electrons. The maximum Gasteiger partial charge on any atom is 0.332 e. The lowest BCUT2D eigenvalue weighted by Gasteiger charge is -2.22. The number of carbonyl (C=O) groups excluding carboxylic acids is 1. The summed E-state index contributed by atoms with van der Waals surface area (Å²) in [6, 6.07) is 9.67. The third-order valence-electron chi connectivity index (χ3n) is 6.09. The number of aromatic nitrogens is 4. The minimum Gasteiger partial charge on any atom is -0.370 e. The smallest absolute Gasteiger partial charge is 0.332 e. The molecule has 3 aromatic heterocycles. The highest BCUT2D eigenvalue weighted by atomic mass is 32.1. The Kier molecular flexibility index (Phi) is 5.90. The predicted molar refractivity (Wildman–Crippen MR) is 130 cm³/mol. The number of hydrogen-bond donors (Lipinski definition) is 2. The number of morpholine rings is 1. The van der Waals surface area contributed by atoms with Crippen molar-refractivity contribution in [2.45, 2.75) is 6.54 Å². The van der Waals surface area contributed by atoms with Crippen molar-refractivity contribution in [3.8, 4) is 11.1 Å². The highest BCUT2D eigenvalue weighted by Gasteiger charge is 2.29. The fourth-order valence-electron chi connectivity index (χ4n) is 4.23. The van der Waals surface area contributed by atoms with Crippen LogP contribution in [0.5, 0.6) is 0 Å². The van der Waals surface area contributed by atoms with Crippen LogP contribution in [0.25, 0.3) is 22.3 Å². The van der Waals surface area contributed by atoms with Crippen LogP contribution in [-0.2, 0) is 30.2 Å². The van der Waals surface area contributed by atoms with Crippen molar-refractivity contribution in [1.29, 1.82) is 0 Å². The van der Waals surface area contributed by atoms with Crippen molar-refractivity contribution in [1.82, 2.24) is 18.7 Å². The zero-order valence-corrected chi connectivity index (χ0v) is 19.7. The van der Waals surface area contributed by atoms with Crippen LogP contribution >= 0.6 is 11.3 Å². The number of fused-ring (bicyclic) bond motifs is 1. The molecule has 10 nitrogen and oxygen atoms in total. The van der Waals surface area contributed by atoms with E-state index in [1.165, 1.54) is 11.6 Å². The van der Waals surface area contributed by atoms with E-state index in [2.05, 4.69) is 15.7 Å². The Balaban J connectivity index is 1.48. The SMILES string of the molecule is Cn1c(=O)c2c(nc([NH+]3CCOCC3)n2CC(=O)Nc2ccc(-c3ccsc3)cc2)n(C)c1=O. The van der Waals surface area contributed by atoms with Gasteiger partial charge in [0.05, 0.1) is 13.2 Å². The summed E-state index contributed by atoms with van der Waals surface area (Å²) in [5.41, 5.74) is 2.44. The summed E-state index contributed by atoms with van der Waals surface area (Å²) < 4.78 is 9.48. The van der Waals surface area contributed by atoms with E-state index in [0.717, 1.165) is 20.6 Å². The molecule has 1 aliphatic heterocycles. The Hall–Kier alpha value is -3.54. The van der Waals surface area contributed by atoms with E-state index in [1.54, 1.807) is 23.0 Å². The number of aryl methyl sites for hydroxylation is 1. The van der Waals surface area contributed by atoms with Crippen LogP contribution in [0.15, 0.2) is 50.7 Å². The average molecular weight is 482 g/mol. The molecule has 1 saturated heterocycles. The second kappa shape index (κ2) is 9.01. The van der Waals surface area contributed by atoms with Crippen LogP contribution in [0.4, 0.5) is 11.6 Å². The van der Waals surface area contributed by atoms with Crippen LogP contribution < -0.4 is 21.5 Å². The first kappa shape index (κ1) is 22.3. The van der Waals surface area contributed by atoms with E-state index in [1.807, 2.05) is 35.7 Å². The third kappa shape index (κ3) is 3.98. The summed E-state index contributed by atoms with van der Waals surface area (Å²) in [4.78, 5) is 44.2. The lowest BCUT2D eigenvalue weighted by atomic mass is 10.1. The summed E-state index contributed by atoms with van der Waals surface area (Å²) in [6.45, 7) is 2.32. The summed E-state index contributed by atoms with van der Waals surface area (Å²) in [5.74, 6) is 0.270. The van der Waals surface area contributed by atoms with Gasteiger partial charge in [0.2, 0.25) is 5.91 Å². The molecule has 1 fully saturated rings. The van der Waals surface area contributed by atoms with Gasteiger partial charge in [-0.2, -0.15) is 16.3 Å². The molecule has 4 aromatic rings. The largest absolute Gasteiger partial charge is 0.370 e. The summed E-state index contributed by atoms with van der Waals surface area (Å²) in [6.07, 6.45) is 0. The number of anilines is 1. The van der Waals surface area contributed by atoms with Crippen LogP contribution in [0.3, 0.4) is 0 Å². The molecule has 0 radical (unpaired) electrons. The number of carbonyl (C=O) groups is 1. The normalized spacial score (nSPS) is 14.5. The lowest BCUT2D eigenvalue weighted by molar-refractivity contribution is -0.848.